The van der Waals surface area contributed by atoms with Gasteiger partial charge in [0.25, 0.3) is 0 Å². The molecule has 2 nitrogen and oxygen atoms in total. The Hall–Kier alpha value is -0.570. The third kappa shape index (κ3) is 3.48. The fourth-order valence-electron chi connectivity index (χ4n) is 1.80. The Labute approximate surface area is 103 Å². The van der Waals surface area contributed by atoms with Crippen molar-refractivity contribution in [3.05, 3.63) is 34.3 Å². The average molecular weight is 241 g/mol. The van der Waals surface area contributed by atoms with Gasteiger partial charge in [-0.25, -0.2) is 0 Å². The minimum atomic E-state index is 0.512. The van der Waals surface area contributed by atoms with Crippen LogP contribution in [0.1, 0.15) is 25.0 Å². The molecule has 2 N–H and O–H groups in total. The van der Waals surface area contributed by atoms with Crippen LogP contribution in [0, 0.1) is 0 Å². The molecule has 3 heteroatoms. The van der Waals surface area contributed by atoms with Crippen molar-refractivity contribution >= 4 is 11.6 Å². The molecule has 1 aromatic rings. The van der Waals surface area contributed by atoms with E-state index in [4.69, 9.17) is 17.3 Å². The summed E-state index contributed by atoms with van der Waals surface area (Å²) in [5.41, 5.74) is 7.88. The molecule has 0 aliphatic carbocycles. The number of nitrogens with zero attached hydrogens (tertiary/aromatic N) is 1. The van der Waals surface area contributed by atoms with Gasteiger partial charge in [0.2, 0.25) is 0 Å². The van der Waals surface area contributed by atoms with Crippen LogP contribution in [0.3, 0.4) is 0 Å². The highest BCUT2D eigenvalue weighted by Gasteiger charge is 2.06. The highest BCUT2D eigenvalue weighted by Crippen LogP contribution is 2.21. The van der Waals surface area contributed by atoms with Gasteiger partial charge in [0, 0.05) is 18.1 Å². The SMILES string of the molecule is CCN(CC)CCc1cccc(CN)c1Cl. The minimum absolute atomic E-state index is 0.512. The quantitative estimate of drug-likeness (QED) is 0.829. The van der Waals surface area contributed by atoms with E-state index in [-0.39, 0.29) is 0 Å². The first kappa shape index (κ1) is 13.5. The normalized spacial score (nSPS) is 11.1. The molecule has 1 rings (SSSR count). The molecule has 16 heavy (non-hydrogen) atoms. The van der Waals surface area contributed by atoms with Gasteiger partial charge in [-0.3, -0.25) is 0 Å². The van der Waals surface area contributed by atoms with Crippen molar-refractivity contribution in [2.45, 2.75) is 26.8 Å². The van der Waals surface area contributed by atoms with Crippen molar-refractivity contribution in [1.29, 1.82) is 0 Å². The summed E-state index contributed by atoms with van der Waals surface area (Å²) in [6.45, 7) is 8.11. The largest absolute Gasteiger partial charge is 0.326 e. The topological polar surface area (TPSA) is 29.3 Å². The standard InChI is InChI=1S/C13H21ClN2/c1-3-16(4-2)9-8-11-6-5-7-12(10-15)13(11)14/h5-7H,3-4,8-10,15H2,1-2H3. The molecule has 1 aromatic carbocycles. The molecule has 0 atom stereocenters. The third-order valence-corrected chi connectivity index (χ3v) is 3.46. The first-order chi connectivity index (χ1) is 7.72. The van der Waals surface area contributed by atoms with Crippen LogP contribution in [-0.2, 0) is 13.0 Å². The van der Waals surface area contributed by atoms with Crippen LogP contribution >= 0.6 is 11.6 Å². The number of hydrogen-bond donors (Lipinski definition) is 1. The van der Waals surface area contributed by atoms with Gasteiger partial charge in [0.1, 0.15) is 0 Å². The average Bonchev–Trinajstić information content (AvgIpc) is 2.32. The lowest BCUT2D eigenvalue weighted by atomic mass is 10.1. The van der Waals surface area contributed by atoms with Gasteiger partial charge in [0.05, 0.1) is 0 Å². The number of benzene rings is 1. The molecule has 0 bridgehead atoms. The number of halogens is 1. The Bertz CT molecular complexity index is 322. The Morgan fingerprint density at radius 1 is 1.19 bits per heavy atom. The Morgan fingerprint density at radius 2 is 1.81 bits per heavy atom. The maximum Gasteiger partial charge on any atom is 0.0483 e. The third-order valence-electron chi connectivity index (χ3n) is 2.97. The second kappa shape index (κ2) is 6.89. The van der Waals surface area contributed by atoms with Gasteiger partial charge in [-0.05, 0) is 30.6 Å². The highest BCUT2D eigenvalue weighted by molar-refractivity contribution is 6.32. The van der Waals surface area contributed by atoms with E-state index in [1.807, 2.05) is 12.1 Å². The number of nitrogens with two attached hydrogens (primary N) is 1. The molecule has 0 heterocycles. The molecule has 0 fully saturated rings. The summed E-state index contributed by atoms with van der Waals surface area (Å²) in [5, 5.41) is 0.845. The number of rotatable bonds is 6. The van der Waals surface area contributed by atoms with E-state index in [2.05, 4.69) is 24.8 Å². The molecule has 0 amide bonds. The molecule has 0 aromatic heterocycles. The Balaban J connectivity index is 2.66. The van der Waals surface area contributed by atoms with Crippen molar-refractivity contribution in [2.24, 2.45) is 5.73 Å². The van der Waals surface area contributed by atoms with E-state index < -0.39 is 0 Å². The van der Waals surface area contributed by atoms with Gasteiger partial charge in [0.15, 0.2) is 0 Å². The maximum atomic E-state index is 6.28. The van der Waals surface area contributed by atoms with Crippen molar-refractivity contribution in [3.63, 3.8) is 0 Å². The second-order valence-corrected chi connectivity index (χ2v) is 4.25. The van der Waals surface area contributed by atoms with E-state index in [0.29, 0.717) is 6.54 Å². The van der Waals surface area contributed by atoms with Crippen LogP contribution in [0.5, 0.6) is 0 Å². The monoisotopic (exact) mass is 240 g/mol. The fraction of sp³-hybridized carbons (Fsp3) is 0.538. The molecular weight excluding hydrogens is 220 g/mol. The summed E-state index contributed by atoms with van der Waals surface area (Å²) in [7, 11) is 0. The molecule has 90 valence electrons. The van der Waals surface area contributed by atoms with Crippen molar-refractivity contribution in [3.8, 4) is 0 Å². The first-order valence-corrected chi connectivity index (χ1v) is 6.29. The van der Waals surface area contributed by atoms with Crippen molar-refractivity contribution in [1.82, 2.24) is 4.90 Å². The van der Waals surface area contributed by atoms with E-state index in [0.717, 1.165) is 36.6 Å². The molecule has 0 saturated carbocycles. The summed E-state index contributed by atoms with van der Waals surface area (Å²) < 4.78 is 0. The molecule has 0 aliphatic heterocycles. The van der Waals surface area contributed by atoms with E-state index >= 15 is 0 Å². The summed E-state index contributed by atoms with van der Waals surface area (Å²) in [6.07, 6.45) is 0.994. The van der Waals surface area contributed by atoms with E-state index in [1.54, 1.807) is 0 Å². The Kier molecular flexibility index (Phi) is 5.81. The van der Waals surface area contributed by atoms with Crippen LogP contribution < -0.4 is 5.73 Å². The first-order valence-electron chi connectivity index (χ1n) is 5.91. The zero-order chi connectivity index (χ0) is 12.0. The molecule has 0 saturated heterocycles. The summed E-state index contributed by atoms with van der Waals surface area (Å²) in [5.74, 6) is 0. The zero-order valence-electron chi connectivity index (χ0n) is 10.2. The minimum Gasteiger partial charge on any atom is -0.326 e. The van der Waals surface area contributed by atoms with Crippen molar-refractivity contribution in [2.75, 3.05) is 19.6 Å². The lowest BCUT2D eigenvalue weighted by molar-refractivity contribution is 0.308. The highest BCUT2D eigenvalue weighted by atomic mass is 35.5. The van der Waals surface area contributed by atoms with E-state index in [9.17, 15) is 0 Å². The molecule has 0 unspecified atom stereocenters. The van der Waals surface area contributed by atoms with Gasteiger partial charge < -0.3 is 10.6 Å². The van der Waals surface area contributed by atoms with Crippen LogP contribution in [0.15, 0.2) is 18.2 Å². The predicted octanol–water partition coefficient (Wildman–Crippen LogP) is 2.68. The number of hydrogen-bond acceptors (Lipinski definition) is 2. The van der Waals surface area contributed by atoms with Gasteiger partial charge in [-0.1, -0.05) is 43.6 Å². The van der Waals surface area contributed by atoms with Crippen molar-refractivity contribution < 1.29 is 0 Å². The van der Waals surface area contributed by atoms with E-state index in [1.165, 1.54) is 5.56 Å². The second-order valence-electron chi connectivity index (χ2n) is 3.87. The maximum absolute atomic E-state index is 6.28. The Morgan fingerprint density at radius 3 is 2.38 bits per heavy atom. The van der Waals surface area contributed by atoms with Gasteiger partial charge in [-0.15, -0.1) is 0 Å². The predicted molar refractivity (Wildman–Crippen MR) is 70.8 cm³/mol. The van der Waals surface area contributed by atoms with Gasteiger partial charge >= 0.3 is 0 Å². The number of likely N-dealkylation sites (N-methyl/N-ethyl adjacent to an activating group) is 1. The molecular formula is C13H21ClN2. The summed E-state index contributed by atoms with van der Waals surface area (Å²) >= 11 is 6.28. The fourth-order valence-corrected chi connectivity index (χ4v) is 2.10. The molecule has 0 aliphatic rings. The van der Waals surface area contributed by atoms with Crippen LogP contribution in [0.2, 0.25) is 5.02 Å². The van der Waals surface area contributed by atoms with Gasteiger partial charge in [-0.2, -0.15) is 0 Å². The lowest BCUT2D eigenvalue weighted by Crippen LogP contribution is -2.25. The van der Waals surface area contributed by atoms with Crippen LogP contribution in [-0.4, -0.2) is 24.5 Å². The molecule has 0 radical (unpaired) electrons. The van der Waals surface area contributed by atoms with Crippen LogP contribution in [0.4, 0.5) is 0 Å². The molecule has 0 spiro atoms. The van der Waals surface area contributed by atoms with Crippen LogP contribution in [0.25, 0.3) is 0 Å². The smallest absolute Gasteiger partial charge is 0.0483 e. The zero-order valence-corrected chi connectivity index (χ0v) is 10.9. The summed E-state index contributed by atoms with van der Waals surface area (Å²) in [6, 6.07) is 6.11. The lowest BCUT2D eigenvalue weighted by Gasteiger charge is -2.18. The summed E-state index contributed by atoms with van der Waals surface area (Å²) in [4.78, 5) is 2.39.